The van der Waals surface area contributed by atoms with E-state index in [4.69, 9.17) is 0 Å². The maximum atomic E-state index is 14.1. The summed E-state index contributed by atoms with van der Waals surface area (Å²) in [5.41, 5.74) is 2.29. The monoisotopic (exact) mass is 439 g/mol. The predicted octanol–water partition coefficient (Wildman–Crippen LogP) is 3.38. The van der Waals surface area contributed by atoms with Crippen LogP contribution in [0.5, 0.6) is 0 Å². The second kappa shape index (κ2) is 9.13. The highest BCUT2D eigenvalue weighted by Crippen LogP contribution is 2.33. The highest BCUT2D eigenvalue weighted by Gasteiger charge is 2.24. The molecule has 2 amide bonds. The van der Waals surface area contributed by atoms with Gasteiger partial charge >= 0.3 is 6.03 Å². The summed E-state index contributed by atoms with van der Waals surface area (Å²) in [6, 6.07) is 3.21. The molecule has 0 aliphatic heterocycles. The van der Waals surface area contributed by atoms with Crippen molar-refractivity contribution >= 4 is 21.7 Å². The van der Waals surface area contributed by atoms with Gasteiger partial charge in [-0.05, 0) is 49.2 Å². The maximum Gasteiger partial charge on any atom is 0.333 e. The Balaban J connectivity index is 2.31. The Kier molecular flexibility index (Phi) is 7.25. The number of nitrogens with zero attached hydrogens (tertiary/aromatic N) is 3. The average Bonchev–Trinajstić information content (AvgIpc) is 2.96. The van der Waals surface area contributed by atoms with E-state index < -0.39 is 21.9 Å². The van der Waals surface area contributed by atoms with E-state index >= 15 is 0 Å². The molecule has 0 saturated heterocycles. The number of benzene rings is 1. The van der Waals surface area contributed by atoms with Crippen LogP contribution in [0.3, 0.4) is 0 Å². The highest BCUT2D eigenvalue weighted by atomic mass is 32.2. The van der Waals surface area contributed by atoms with Gasteiger partial charge in [0.1, 0.15) is 5.82 Å². The molecule has 2 aromatic rings. The molecule has 1 heterocycles. The zero-order valence-electron chi connectivity index (χ0n) is 18.4. The lowest BCUT2D eigenvalue weighted by molar-refractivity contribution is 0.256. The summed E-state index contributed by atoms with van der Waals surface area (Å²) in [5.74, 6) is -0.549. The van der Waals surface area contributed by atoms with Crippen LogP contribution in [0.2, 0.25) is 0 Å². The Hall–Kier alpha value is -2.46. The van der Waals surface area contributed by atoms with Crippen molar-refractivity contribution in [1.82, 2.24) is 19.4 Å². The summed E-state index contributed by atoms with van der Waals surface area (Å²) >= 11 is 0. The number of rotatable bonds is 7. The number of carbonyl (C=O) groups is 1. The van der Waals surface area contributed by atoms with Crippen LogP contribution in [0, 0.1) is 5.82 Å². The molecular formula is C20H30FN5O3S. The van der Waals surface area contributed by atoms with E-state index in [2.05, 4.69) is 10.4 Å². The zero-order chi connectivity index (χ0) is 22.8. The molecule has 2 rings (SSSR count). The largest absolute Gasteiger partial charge is 0.333 e. The molecule has 0 radical (unpaired) electrons. The Morgan fingerprint density at radius 3 is 2.13 bits per heavy atom. The van der Waals surface area contributed by atoms with E-state index in [1.807, 2.05) is 51.4 Å². The SMILES string of the molecule is CC(C)c1cc(F)cc(C(C)C)c1NC(=O)NS(=O)(=O)c1cc(CN(C)C)n(C)n1. The van der Waals surface area contributed by atoms with E-state index in [-0.39, 0.29) is 16.9 Å². The summed E-state index contributed by atoms with van der Waals surface area (Å²) in [7, 11) is 1.17. The molecule has 0 atom stereocenters. The smallest absolute Gasteiger partial charge is 0.307 e. The Morgan fingerprint density at radius 2 is 1.67 bits per heavy atom. The zero-order valence-corrected chi connectivity index (χ0v) is 19.3. The van der Waals surface area contributed by atoms with Gasteiger partial charge in [-0.3, -0.25) is 4.68 Å². The second-order valence-corrected chi connectivity index (χ2v) is 9.79. The third-order valence-corrected chi connectivity index (χ3v) is 5.79. The molecule has 0 spiro atoms. The lowest BCUT2D eigenvalue weighted by Gasteiger charge is -2.20. The predicted molar refractivity (Wildman–Crippen MR) is 115 cm³/mol. The number of hydrogen-bond acceptors (Lipinski definition) is 5. The molecule has 10 heteroatoms. The molecule has 0 unspecified atom stereocenters. The molecular weight excluding hydrogens is 409 g/mol. The van der Waals surface area contributed by atoms with Gasteiger partial charge in [0, 0.05) is 25.3 Å². The molecule has 2 N–H and O–H groups in total. The molecule has 1 aromatic carbocycles. The summed E-state index contributed by atoms with van der Waals surface area (Å²) < 4.78 is 42.8. The molecule has 166 valence electrons. The van der Waals surface area contributed by atoms with Gasteiger partial charge in [0.05, 0.1) is 5.69 Å². The fourth-order valence-corrected chi connectivity index (χ4v) is 4.02. The van der Waals surface area contributed by atoms with E-state index in [1.54, 1.807) is 7.05 Å². The summed E-state index contributed by atoms with van der Waals surface area (Å²) in [6.07, 6.45) is 0. The van der Waals surface area contributed by atoms with Crippen molar-refractivity contribution in [2.45, 2.75) is 51.1 Å². The van der Waals surface area contributed by atoms with Crippen LogP contribution < -0.4 is 10.0 Å². The van der Waals surface area contributed by atoms with Gasteiger partial charge in [0.2, 0.25) is 0 Å². The number of carbonyl (C=O) groups excluding carboxylic acids is 1. The van der Waals surface area contributed by atoms with Crippen molar-refractivity contribution in [2.24, 2.45) is 7.05 Å². The maximum absolute atomic E-state index is 14.1. The number of nitrogens with one attached hydrogen (secondary N) is 2. The fraction of sp³-hybridized carbons (Fsp3) is 0.500. The molecule has 0 bridgehead atoms. The summed E-state index contributed by atoms with van der Waals surface area (Å²) in [4.78, 5) is 14.4. The molecule has 0 aliphatic carbocycles. The van der Waals surface area contributed by atoms with Crippen molar-refractivity contribution in [1.29, 1.82) is 0 Å². The second-order valence-electron chi connectivity index (χ2n) is 8.16. The minimum absolute atomic E-state index is 0.0745. The van der Waals surface area contributed by atoms with E-state index in [0.717, 1.165) is 0 Å². The number of aromatic nitrogens is 2. The number of hydrogen-bond donors (Lipinski definition) is 2. The number of sulfonamides is 1. The quantitative estimate of drug-likeness (QED) is 0.689. The van der Waals surface area contributed by atoms with Gasteiger partial charge in [0.25, 0.3) is 10.0 Å². The normalized spacial score (nSPS) is 12.1. The Labute approximate surface area is 177 Å². The highest BCUT2D eigenvalue weighted by molar-refractivity contribution is 7.90. The summed E-state index contributed by atoms with van der Waals surface area (Å²) in [6.45, 7) is 7.99. The van der Waals surface area contributed by atoms with Gasteiger partial charge in [-0.1, -0.05) is 27.7 Å². The Bertz CT molecular complexity index is 1000. The molecule has 8 nitrogen and oxygen atoms in total. The lowest BCUT2D eigenvalue weighted by atomic mass is 9.92. The van der Waals surface area contributed by atoms with Crippen LogP contribution in [0.4, 0.5) is 14.9 Å². The molecule has 0 fully saturated rings. The summed E-state index contributed by atoms with van der Waals surface area (Å²) in [5, 5.41) is 6.37. The van der Waals surface area contributed by atoms with Crippen LogP contribution in [0.25, 0.3) is 0 Å². The molecule has 1 aromatic heterocycles. The number of anilines is 1. The molecule has 0 aliphatic rings. The first-order chi connectivity index (χ1) is 13.8. The fourth-order valence-electron chi connectivity index (χ4n) is 3.10. The van der Waals surface area contributed by atoms with Crippen molar-refractivity contribution in [2.75, 3.05) is 19.4 Å². The minimum Gasteiger partial charge on any atom is -0.307 e. The Morgan fingerprint density at radius 1 is 1.13 bits per heavy atom. The van der Waals surface area contributed by atoms with Crippen molar-refractivity contribution in [3.8, 4) is 0 Å². The lowest BCUT2D eigenvalue weighted by Crippen LogP contribution is -2.35. The first kappa shape index (κ1) is 23.8. The van der Waals surface area contributed by atoms with Crippen LogP contribution in [0.15, 0.2) is 23.2 Å². The third kappa shape index (κ3) is 5.57. The van der Waals surface area contributed by atoms with Crippen LogP contribution in [-0.4, -0.2) is 43.2 Å². The van der Waals surface area contributed by atoms with Crippen molar-refractivity contribution in [3.63, 3.8) is 0 Å². The van der Waals surface area contributed by atoms with Gasteiger partial charge in [-0.15, -0.1) is 0 Å². The first-order valence-electron chi connectivity index (χ1n) is 9.66. The van der Waals surface area contributed by atoms with Gasteiger partial charge in [-0.2, -0.15) is 13.5 Å². The molecule has 0 saturated carbocycles. The molecule has 30 heavy (non-hydrogen) atoms. The third-order valence-electron chi connectivity index (χ3n) is 4.58. The number of halogens is 1. The standard InChI is InChI=1S/C20H30FN5O3S/c1-12(2)16-8-14(21)9-17(13(3)4)19(16)22-20(27)24-30(28,29)18-10-15(11-25(5)6)26(7)23-18/h8-10,12-13H,11H2,1-7H3,(H2,22,24,27). The van der Waals surface area contributed by atoms with Crippen molar-refractivity contribution in [3.05, 3.63) is 40.8 Å². The van der Waals surface area contributed by atoms with Gasteiger partial charge < -0.3 is 10.2 Å². The van der Waals surface area contributed by atoms with Crippen LogP contribution in [0.1, 0.15) is 56.4 Å². The van der Waals surface area contributed by atoms with Crippen molar-refractivity contribution < 1.29 is 17.6 Å². The van der Waals surface area contributed by atoms with Crippen LogP contribution in [-0.2, 0) is 23.6 Å². The van der Waals surface area contributed by atoms with Crippen LogP contribution >= 0.6 is 0 Å². The minimum atomic E-state index is -4.18. The number of aryl methyl sites for hydroxylation is 1. The van der Waals surface area contributed by atoms with Gasteiger partial charge in [-0.25, -0.2) is 13.9 Å². The van der Waals surface area contributed by atoms with E-state index in [9.17, 15) is 17.6 Å². The van der Waals surface area contributed by atoms with Gasteiger partial charge in [0.15, 0.2) is 5.03 Å². The average molecular weight is 440 g/mol. The topological polar surface area (TPSA) is 96.3 Å². The van der Waals surface area contributed by atoms with E-state index in [0.29, 0.717) is 29.1 Å². The number of urea groups is 1. The number of amides is 2. The van der Waals surface area contributed by atoms with E-state index in [1.165, 1.54) is 22.9 Å². The first-order valence-corrected chi connectivity index (χ1v) is 11.1.